The van der Waals surface area contributed by atoms with E-state index in [1.165, 1.54) is 0 Å². The second kappa shape index (κ2) is 5.17. The minimum atomic E-state index is 0.225. The van der Waals surface area contributed by atoms with E-state index in [1.807, 2.05) is 0 Å². The van der Waals surface area contributed by atoms with Gasteiger partial charge in [0.05, 0.1) is 17.8 Å². The number of hydrogen-bond acceptors (Lipinski definition) is 4. The maximum Gasteiger partial charge on any atom is 0.174 e. The fourth-order valence-corrected chi connectivity index (χ4v) is 2.32. The Balaban J connectivity index is 2.11. The SMILES string of the molecule is COC1CCCC1Nc1cc(Cl)nnc1Cl. The molecule has 1 heterocycles. The first kappa shape index (κ1) is 11.9. The molecule has 1 N–H and O–H groups in total. The largest absolute Gasteiger partial charge is 0.379 e. The van der Waals surface area contributed by atoms with E-state index in [-0.39, 0.29) is 12.1 Å². The molecule has 1 aliphatic rings. The Morgan fingerprint density at radius 1 is 1.38 bits per heavy atom. The summed E-state index contributed by atoms with van der Waals surface area (Å²) in [6.07, 6.45) is 3.51. The Hall–Kier alpha value is -0.580. The lowest BCUT2D eigenvalue weighted by Gasteiger charge is -2.20. The summed E-state index contributed by atoms with van der Waals surface area (Å²) in [5.41, 5.74) is 0.718. The third-order valence-electron chi connectivity index (χ3n) is 2.82. The van der Waals surface area contributed by atoms with Gasteiger partial charge >= 0.3 is 0 Å². The van der Waals surface area contributed by atoms with Crippen molar-refractivity contribution in [2.24, 2.45) is 0 Å². The standard InChI is InChI=1S/C10H13Cl2N3O/c1-16-8-4-2-3-6(8)13-7-5-9(11)14-15-10(7)12/h5-6,8H,2-4H2,1H3,(H,13,14). The van der Waals surface area contributed by atoms with Gasteiger partial charge in [-0.1, -0.05) is 23.2 Å². The monoisotopic (exact) mass is 261 g/mol. The molecule has 1 aliphatic carbocycles. The van der Waals surface area contributed by atoms with Crippen molar-refractivity contribution >= 4 is 28.9 Å². The number of methoxy groups -OCH3 is 1. The number of aromatic nitrogens is 2. The number of hydrogen-bond donors (Lipinski definition) is 1. The van der Waals surface area contributed by atoms with E-state index in [2.05, 4.69) is 15.5 Å². The fourth-order valence-electron chi connectivity index (χ4n) is 2.03. The maximum atomic E-state index is 5.93. The molecule has 0 saturated heterocycles. The normalized spacial score (nSPS) is 24.7. The van der Waals surface area contributed by atoms with Crippen LogP contribution in [0.5, 0.6) is 0 Å². The van der Waals surface area contributed by atoms with Crippen molar-refractivity contribution in [1.82, 2.24) is 10.2 Å². The van der Waals surface area contributed by atoms with E-state index in [1.54, 1.807) is 13.2 Å². The second-order valence-electron chi connectivity index (χ2n) is 3.83. The maximum absolute atomic E-state index is 5.93. The predicted molar refractivity (Wildman–Crippen MR) is 64.1 cm³/mol. The summed E-state index contributed by atoms with van der Waals surface area (Å²) in [6, 6.07) is 1.95. The molecule has 0 radical (unpaired) electrons. The van der Waals surface area contributed by atoms with Crippen molar-refractivity contribution in [3.63, 3.8) is 0 Å². The number of halogens is 2. The van der Waals surface area contributed by atoms with Crippen molar-refractivity contribution in [3.8, 4) is 0 Å². The molecule has 1 saturated carbocycles. The Labute approximate surface area is 104 Å². The van der Waals surface area contributed by atoms with Crippen LogP contribution in [0.25, 0.3) is 0 Å². The van der Waals surface area contributed by atoms with E-state index in [4.69, 9.17) is 27.9 Å². The first-order valence-corrected chi connectivity index (χ1v) is 5.94. The first-order chi connectivity index (χ1) is 7.70. The smallest absolute Gasteiger partial charge is 0.174 e. The average Bonchev–Trinajstić information content (AvgIpc) is 2.71. The lowest BCUT2D eigenvalue weighted by atomic mass is 10.2. The van der Waals surface area contributed by atoms with E-state index in [0.29, 0.717) is 10.3 Å². The van der Waals surface area contributed by atoms with Crippen LogP contribution in [0.3, 0.4) is 0 Å². The molecule has 0 amide bonds. The van der Waals surface area contributed by atoms with Gasteiger partial charge < -0.3 is 10.1 Å². The molecule has 1 aromatic heterocycles. The molecule has 6 heteroatoms. The highest BCUT2D eigenvalue weighted by atomic mass is 35.5. The van der Waals surface area contributed by atoms with Gasteiger partial charge in [0.15, 0.2) is 10.3 Å². The Morgan fingerprint density at radius 3 is 2.94 bits per heavy atom. The van der Waals surface area contributed by atoms with Crippen LogP contribution < -0.4 is 5.32 Å². The quantitative estimate of drug-likeness (QED) is 0.909. The fraction of sp³-hybridized carbons (Fsp3) is 0.600. The number of nitrogens with one attached hydrogen (secondary N) is 1. The first-order valence-electron chi connectivity index (χ1n) is 5.18. The van der Waals surface area contributed by atoms with Gasteiger partial charge in [-0.2, -0.15) is 0 Å². The highest BCUT2D eigenvalue weighted by Crippen LogP contribution is 2.28. The minimum Gasteiger partial charge on any atom is -0.379 e. The van der Waals surface area contributed by atoms with Gasteiger partial charge in [-0.25, -0.2) is 0 Å². The van der Waals surface area contributed by atoms with Gasteiger partial charge in [0, 0.05) is 13.2 Å². The van der Waals surface area contributed by atoms with Gasteiger partial charge in [-0.15, -0.1) is 10.2 Å². The van der Waals surface area contributed by atoms with Crippen LogP contribution in [0.2, 0.25) is 10.3 Å². The van der Waals surface area contributed by atoms with Crippen LogP contribution in [0.1, 0.15) is 19.3 Å². The van der Waals surface area contributed by atoms with Crippen LogP contribution in [-0.2, 0) is 4.74 Å². The van der Waals surface area contributed by atoms with E-state index >= 15 is 0 Å². The molecular weight excluding hydrogens is 249 g/mol. The molecule has 0 spiro atoms. The lowest BCUT2D eigenvalue weighted by molar-refractivity contribution is 0.101. The molecule has 88 valence electrons. The van der Waals surface area contributed by atoms with Crippen LogP contribution >= 0.6 is 23.2 Å². The topological polar surface area (TPSA) is 47.0 Å². The highest BCUT2D eigenvalue weighted by Gasteiger charge is 2.27. The van der Waals surface area contributed by atoms with Crippen molar-refractivity contribution in [1.29, 1.82) is 0 Å². The molecule has 0 aliphatic heterocycles. The summed E-state index contributed by atoms with van der Waals surface area (Å²) in [5, 5.41) is 11.4. The minimum absolute atomic E-state index is 0.225. The van der Waals surface area contributed by atoms with E-state index < -0.39 is 0 Å². The van der Waals surface area contributed by atoms with Gasteiger partial charge in [0.25, 0.3) is 0 Å². The molecule has 1 fully saturated rings. The second-order valence-corrected chi connectivity index (χ2v) is 4.57. The average molecular weight is 262 g/mol. The molecule has 4 nitrogen and oxygen atoms in total. The van der Waals surface area contributed by atoms with Crippen molar-refractivity contribution in [2.75, 3.05) is 12.4 Å². The molecule has 0 bridgehead atoms. The third-order valence-corrected chi connectivity index (χ3v) is 3.28. The zero-order chi connectivity index (χ0) is 11.5. The number of ether oxygens (including phenoxy) is 1. The zero-order valence-electron chi connectivity index (χ0n) is 8.91. The van der Waals surface area contributed by atoms with E-state index in [0.717, 1.165) is 24.9 Å². The summed E-state index contributed by atoms with van der Waals surface area (Å²) in [4.78, 5) is 0. The zero-order valence-corrected chi connectivity index (χ0v) is 10.4. The van der Waals surface area contributed by atoms with Gasteiger partial charge in [-0.3, -0.25) is 0 Å². The van der Waals surface area contributed by atoms with E-state index in [9.17, 15) is 0 Å². The van der Waals surface area contributed by atoms with Crippen molar-refractivity contribution in [2.45, 2.75) is 31.4 Å². The highest BCUT2D eigenvalue weighted by molar-refractivity contribution is 6.33. The van der Waals surface area contributed by atoms with Crippen LogP contribution in [-0.4, -0.2) is 29.5 Å². The predicted octanol–water partition coefficient (Wildman–Crippen LogP) is 2.76. The lowest BCUT2D eigenvalue weighted by Crippen LogP contribution is -2.29. The van der Waals surface area contributed by atoms with Crippen LogP contribution in [0.4, 0.5) is 5.69 Å². The Bertz CT molecular complexity index is 375. The Morgan fingerprint density at radius 2 is 2.19 bits per heavy atom. The van der Waals surface area contributed by atoms with Gasteiger partial charge in [-0.05, 0) is 19.3 Å². The van der Waals surface area contributed by atoms with Gasteiger partial charge in [0.1, 0.15) is 0 Å². The molecule has 2 unspecified atom stereocenters. The summed E-state index contributed by atoms with van der Waals surface area (Å²) in [5.74, 6) is 0. The molecule has 2 rings (SSSR count). The van der Waals surface area contributed by atoms with Crippen LogP contribution in [0, 0.1) is 0 Å². The summed E-state index contributed by atoms with van der Waals surface area (Å²) in [7, 11) is 1.73. The Kier molecular flexibility index (Phi) is 3.84. The number of anilines is 1. The van der Waals surface area contributed by atoms with Crippen molar-refractivity contribution in [3.05, 3.63) is 16.4 Å². The molecule has 1 aromatic rings. The molecule has 16 heavy (non-hydrogen) atoms. The number of nitrogens with zero attached hydrogens (tertiary/aromatic N) is 2. The molecule has 2 atom stereocenters. The summed E-state index contributed by atoms with van der Waals surface area (Å²) >= 11 is 11.7. The van der Waals surface area contributed by atoms with Gasteiger partial charge in [0.2, 0.25) is 0 Å². The van der Waals surface area contributed by atoms with Crippen molar-refractivity contribution < 1.29 is 4.74 Å². The third kappa shape index (κ3) is 2.56. The van der Waals surface area contributed by atoms with Crippen LogP contribution in [0.15, 0.2) is 6.07 Å². The number of rotatable bonds is 3. The summed E-state index contributed by atoms with van der Waals surface area (Å²) in [6.45, 7) is 0. The summed E-state index contributed by atoms with van der Waals surface area (Å²) < 4.78 is 5.39. The molecule has 0 aromatic carbocycles. The molecular formula is C10H13Cl2N3O.